The van der Waals surface area contributed by atoms with Crippen LogP contribution in [0, 0.1) is 0 Å². The molecule has 1 heterocycles. The van der Waals surface area contributed by atoms with Crippen molar-refractivity contribution in [2.75, 3.05) is 42.0 Å². The van der Waals surface area contributed by atoms with Crippen molar-refractivity contribution in [1.82, 2.24) is 4.90 Å². The van der Waals surface area contributed by atoms with Crippen molar-refractivity contribution in [2.24, 2.45) is 0 Å². The maximum atomic E-state index is 9.45. The number of nitrogens with zero attached hydrogens (tertiary/aromatic N) is 1. The molecule has 0 radical (unpaired) electrons. The molecule has 2 aromatic carbocycles. The minimum absolute atomic E-state index is 0.333. The lowest BCUT2D eigenvalue weighted by atomic mass is 9.76. The number of methoxy groups -OCH3 is 4. The first kappa shape index (κ1) is 23.7. The van der Waals surface area contributed by atoms with Crippen molar-refractivity contribution in [3.63, 3.8) is 0 Å². The molecule has 0 saturated carbocycles. The van der Waals surface area contributed by atoms with E-state index in [9.17, 15) is 4.79 Å². The molecule has 1 unspecified atom stereocenters. The lowest BCUT2D eigenvalue weighted by Crippen LogP contribution is -2.35. The van der Waals surface area contributed by atoms with Crippen LogP contribution in [0.25, 0.3) is 11.1 Å². The van der Waals surface area contributed by atoms with Crippen LogP contribution in [0.1, 0.15) is 29.7 Å². The van der Waals surface area contributed by atoms with Crippen LogP contribution in [0.5, 0.6) is 23.0 Å². The van der Waals surface area contributed by atoms with Gasteiger partial charge in [-0.25, -0.2) is 4.79 Å². The molecule has 0 bridgehead atoms. The van der Waals surface area contributed by atoms with Crippen LogP contribution in [-0.4, -0.2) is 69.2 Å². The Labute approximate surface area is 188 Å². The Bertz CT molecular complexity index is 1000. The Morgan fingerprint density at radius 2 is 1.56 bits per heavy atom. The van der Waals surface area contributed by atoms with Crippen molar-refractivity contribution in [2.45, 2.75) is 31.9 Å². The van der Waals surface area contributed by atoms with Gasteiger partial charge in [0.15, 0.2) is 23.0 Å². The van der Waals surface area contributed by atoms with E-state index in [0.29, 0.717) is 6.04 Å². The molecular weight excluding hydrogens is 414 g/mol. The second-order valence-electron chi connectivity index (χ2n) is 7.89. The molecule has 1 aliphatic heterocycles. The SMILES string of the molecule is CC(O)C(=O)O.COc1cc2c(cc1OC)-c1c(OC)c(OC)cc3c1[C@H](C2)N(C)CC3. The predicted octanol–water partition coefficient (Wildman–Crippen LogP) is 2.92. The first-order chi connectivity index (χ1) is 15.3. The molecule has 0 spiro atoms. The minimum Gasteiger partial charge on any atom is -0.493 e. The quantitative estimate of drug-likeness (QED) is 0.725. The van der Waals surface area contributed by atoms with Crippen LogP contribution in [0.4, 0.5) is 0 Å². The predicted molar refractivity (Wildman–Crippen MR) is 120 cm³/mol. The van der Waals surface area contributed by atoms with E-state index in [-0.39, 0.29) is 0 Å². The van der Waals surface area contributed by atoms with Gasteiger partial charge in [0.1, 0.15) is 6.10 Å². The molecule has 0 fully saturated rings. The van der Waals surface area contributed by atoms with Crippen molar-refractivity contribution < 1.29 is 34.0 Å². The van der Waals surface area contributed by atoms with Crippen molar-refractivity contribution >= 4 is 5.97 Å². The third kappa shape index (κ3) is 4.20. The van der Waals surface area contributed by atoms with Gasteiger partial charge in [0.2, 0.25) is 0 Å². The average molecular weight is 446 g/mol. The summed E-state index contributed by atoms with van der Waals surface area (Å²) >= 11 is 0. The van der Waals surface area contributed by atoms with Crippen LogP contribution in [-0.2, 0) is 17.6 Å². The normalized spacial score (nSPS) is 17.2. The van der Waals surface area contributed by atoms with Gasteiger partial charge in [-0.3, -0.25) is 4.90 Å². The molecule has 0 aromatic heterocycles. The second-order valence-corrected chi connectivity index (χ2v) is 7.89. The zero-order chi connectivity index (χ0) is 23.6. The van der Waals surface area contributed by atoms with Gasteiger partial charge < -0.3 is 29.2 Å². The third-order valence-corrected chi connectivity index (χ3v) is 6.04. The van der Waals surface area contributed by atoms with E-state index in [1.807, 2.05) is 0 Å². The summed E-state index contributed by atoms with van der Waals surface area (Å²) in [5.41, 5.74) is 6.21. The third-order valence-electron chi connectivity index (χ3n) is 6.04. The first-order valence-corrected chi connectivity index (χ1v) is 10.4. The molecule has 2 atom stereocenters. The van der Waals surface area contributed by atoms with E-state index in [4.69, 9.17) is 29.2 Å². The van der Waals surface area contributed by atoms with E-state index < -0.39 is 12.1 Å². The van der Waals surface area contributed by atoms with Gasteiger partial charge in [-0.1, -0.05) is 0 Å². The number of hydrogen-bond acceptors (Lipinski definition) is 7. The number of aliphatic hydroxyl groups excluding tert-OH is 1. The highest BCUT2D eigenvalue weighted by Gasteiger charge is 2.36. The molecule has 0 saturated heterocycles. The number of rotatable bonds is 5. The molecule has 8 heteroatoms. The highest BCUT2D eigenvalue weighted by atomic mass is 16.5. The molecular formula is C24H31NO7. The van der Waals surface area contributed by atoms with E-state index in [1.54, 1.807) is 28.4 Å². The summed E-state index contributed by atoms with van der Waals surface area (Å²) in [6, 6.07) is 6.64. The summed E-state index contributed by atoms with van der Waals surface area (Å²) < 4.78 is 22.6. The van der Waals surface area contributed by atoms with Gasteiger partial charge in [-0.15, -0.1) is 0 Å². The molecule has 2 N–H and O–H groups in total. The van der Waals surface area contributed by atoms with Gasteiger partial charge in [0, 0.05) is 18.2 Å². The summed E-state index contributed by atoms with van der Waals surface area (Å²) in [5, 5.41) is 15.8. The molecule has 32 heavy (non-hydrogen) atoms. The summed E-state index contributed by atoms with van der Waals surface area (Å²) in [6.07, 6.45) is 0.727. The van der Waals surface area contributed by atoms with E-state index in [0.717, 1.165) is 53.5 Å². The van der Waals surface area contributed by atoms with Gasteiger partial charge in [-0.05, 0) is 67.3 Å². The number of carboxylic acid groups (broad SMARTS) is 1. The zero-order valence-corrected chi connectivity index (χ0v) is 19.4. The fraction of sp³-hybridized carbons (Fsp3) is 0.458. The number of aliphatic carboxylic acids is 1. The van der Waals surface area contributed by atoms with Gasteiger partial charge >= 0.3 is 5.97 Å². The number of likely N-dealkylation sites (N-methyl/N-ethyl adjacent to an activating group) is 1. The summed E-state index contributed by atoms with van der Waals surface area (Å²) in [7, 11) is 8.94. The Kier molecular flexibility index (Phi) is 7.16. The molecule has 4 rings (SSSR count). The molecule has 0 amide bonds. The number of carbonyl (C=O) groups is 1. The first-order valence-electron chi connectivity index (χ1n) is 10.4. The molecule has 174 valence electrons. The molecule has 8 nitrogen and oxygen atoms in total. The average Bonchev–Trinajstić information content (AvgIpc) is 2.79. The molecule has 1 aliphatic carbocycles. The van der Waals surface area contributed by atoms with Crippen LogP contribution in [0.3, 0.4) is 0 Å². The second kappa shape index (κ2) is 9.67. The Hall–Kier alpha value is -2.97. The number of carboxylic acids is 1. The van der Waals surface area contributed by atoms with Crippen molar-refractivity contribution in [3.8, 4) is 34.1 Å². The maximum absolute atomic E-state index is 9.45. The number of aliphatic hydroxyl groups is 1. The van der Waals surface area contributed by atoms with Gasteiger partial charge in [-0.2, -0.15) is 0 Å². The lowest BCUT2D eigenvalue weighted by Gasteiger charge is -2.40. The molecule has 2 aliphatic rings. The zero-order valence-electron chi connectivity index (χ0n) is 19.4. The maximum Gasteiger partial charge on any atom is 0.332 e. The van der Waals surface area contributed by atoms with Gasteiger partial charge in [0.05, 0.1) is 28.4 Å². The topological polar surface area (TPSA) is 97.7 Å². The van der Waals surface area contributed by atoms with Crippen LogP contribution in [0.15, 0.2) is 18.2 Å². The standard InChI is InChI=1S/C21H25NO4.C3H6O3/c1-22-7-6-12-9-18(25-4)21(26-5)20-14-11-17(24-3)16(23-2)10-13(14)8-15(22)19(12)20;1-2(4)3(5)6/h9-11,15H,6-8H2,1-5H3;2,4H,1H3,(H,5,6)/t15-;/m0./s1. The Balaban J connectivity index is 0.000000427. The van der Waals surface area contributed by atoms with E-state index >= 15 is 0 Å². The number of hydrogen-bond donors (Lipinski definition) is 2. The smallest absolute Gasteiger partial charge is 0.332 e. The Morgan fingerprint density at radius 1 is 1.00 bits per heavy atom. The summed E-state index contributed by atoms with van der Waals surface area (Å²) in [4.78, 5) is 11.9. The number of ether oxygens (including phenoxy) is 4. The van der Waals surface area contributed by atoms with Crippen LogP contribution >= 0.6 is 0 Å². The minimum atomic E-state index is -1.23. The number of benzene rings is 2. The van der Waals surface area contributed by atoms with Gasteiger partial charge in [0.25, 0.3) is 0 Å². The highest BCUT2D eigenvalue weighted by molar-refractivity contribution is 5.85. The highest BCUT2D eigenvalue weighted by Crippen LogP contribution is 2.53. The van der Waals surface area contributed by atoms with Crippen LogP contribution in [0.2, 0.25) is 0 Å². The fourth-order valence-electron chi connectivity index (χ4n) is 4.38. The van der Waals surface area contributed by atoms with Crippen molar-refractivity contribution in [1.29, 1.82) is 0 Å². The number of fused-ring (bicyclic) bond motifs is 2. The molecule has 2 aromatic rings. The lowest BCUT2D eigenvalue weighted by molar-refractivity contribution is -0.145. The van der Waals surface area contributed by atoms with E-state index in [1.165, 1.54) is 23.6 Å². The van der Waals surface area contributed by atoms with Crippen LogP contribution < -0.4 is 18.9 Å². The monoisotopic (exact) mass is 445 g/mol. The summed E-state index contributed by atoms with van der Waals surface area (Å²) in [6.45, 7) is 2.23. The van der Waals surface area contributed by atoms with E-state index in [2.05, 4.69) is 30.1 Å². The van der Waals surface area contributed by atoms with Crippen molar-refractivity contribution in [3.05, 3.63) is 34.9 Å². The summed E-state index contributed by atoms with van der Waals surface area (Å²) in [5.74, 6) is 1.88. The largest absolute Gasteiger partial charge is 0.493 e. The Morgan fingerprint density at radius 3 is 2.09 bits per heavy atom. The fourth-order valence-corrected chi connectivity index (χ4v) is 4.38.